The van der Waals surface area contributed by atoms with Crippen LogP contribution in [0.4, 0.5) is 0 Å². The Hall–Kier alpha value is -0.700. The molecule has 1 rings (SSSR count). The maximum Gasteiger partial charge on any atom is 0.181 e. The Morgan fingerprint density at radius 1 is 1.82 bits per heavy atom. The third kappa shape index (κ3) is 1.87. The molecule has 0 aromatic rings. The van der Waals surface area contributed by atoms with Crippen LogP contribution in [0.15, 0.2) is 12.5 Å². The number of ether oxygens (including phenoxy) is 1. The first-order valence-corrected chi connectivity index (χ1v) is 3.95. The lowest BCUT2D eigenvalue weighted by molar-refractivity contribution is 0.173. The van der Waals surface area contributed by atoms with E-state index in [-0.39, 0.29) is 0 Å². The molecule has 0 radical (unpaired) electrons. The number of hydrogen-bond acceptors (Lipinski definition) is 3. The van der Waals surface area contributed by atoms with E-state index in [0.29, 0.717) is 5.92 Å². The summed E-state index contributed by atoms with van der Waals surface area (Å²) in [7, 11) is 1.65. The second kappa shape index (κ2) is 3.62. The van der Waals surface area contributed by atoms with Crippen LogP contribution < -0.4 is 5.73 Å². The summed E-state index contributed by atoms with van der Waals surface area (Å²) in [4.78, 5) is 2.14. The van der Waals surface area contributed by atoms with Gasteiger partial charge in [0, 0.05) is 13.1 Å². The number of nitrogens with zero attached hydrogens (tertiary/aromatic N) is 1. The summed E-state index contributed by atoms with van der Waals surface area (Å²) in [5.74, 6) is 1.39. The molecule has 1 unspecified atom stereocenters. The number of nitrogens with two attached hydrogens (primary N) is 1. The Morgan fingerprint density at radius 3 is 3.00 bits per heavy atom. The van der Waals surface area contributed by atoms with Gasteiger partial charge in [0.15, 0.2) is 5.88 Å². The van der Waals surface area contributed by atoms with Gasteiger partial charge in [0.25, 0.3) is 0 Å². The molecule has 0 spiro atoms. The van der Waals surface area contributed by atoms with E-state index in [9.17, 15) is 0 Å². The SMILES string of the molecule is C=C(OC)N1CCC(CN)C1. The van der Waals surface area contributed by atoms with Crippen LogP contribution >= 0.6 is 0 Å². The Kier molecular flexibility index (Phi) is 2.76. The van der Waals surface area contributed by atoms with Crippen molar-refractivity contribution in [2.24, 2.45) is 11.7 Å². The fraction of sp³-hybridized carbons (Fsp3) is 0.750. The summed E-state index contributed by atoms with van der Waals surface area (Å²) < 4.78 is 5.02. The quantitative estimate of drug-likeness (QED) is 0.600. The van der Waals surface area contributed by atoms with Gasteiger partial charge in [0.2, 0.25) is 0 Å². The largest absolute Gasteiger partial charge is 0.483 e. The summed E-state index contributed by atoms with van der Waals surface area (Å²) in [5, 5.41) is 0. The molecule has 0 saturated carbocycles. The average molecular weight is 156 g/mol. The van der Waals surface area contributed by atoms with Gasteiger partial charge in [-0.05, 0) is 25.5 Å². The Bertz CT molecular complexity index is 147. The fourth-order valence-corrected chi connectivity index (χ4v) is 1.38. The summed E-state index contributed by atoms with van der Waals surface area (Å²) in [5.41, 5.74) is 5.54. The van der Waals surface area contributed by atoms with Crippen LogP contribution in [0.3, 0.4) is 0 Å². The van der Waals surface area contributed by atoms with E-state index >= 15 is 0 Å². The lowest BCUT2D eigenvalue weighted by atomic mass is 10.1. The summed E-state index contributed by atoms with van der Waals surface area (Å²) in [6.07, 6.45) is 1.17. The molecule has 2 N–H and O–H groups in total. The molecule has 1 aliphatic heterocycles. The normalized spacial score (nSPS) is 23.8. The van der Waals surface area contributed by atoms with Crippen LogP contribution in [0.2, 0.25) is 0 Å². The third-order valence-electron chi connectivity index (χ3n) is 2.21. The highest BCUT2D eigenvalue weighted by Gasteiger charge is 2.21. The van der Waals surface area contributed by atoms with Gasteiger partial charge in [0.1, 0.15) is 0 Å². The zero-order valence-corrected chi connectivity index (χ0v) is 7.05. The number of methoxy groups -OCH3 is 1. The highest BCUT2D eigenvalue weighted by molar-refractivity contribution is 4.89. The van der Waals surface area contributed by atoms with Crippen molar-refractivity contribution in [2.45, 2.75) is 6.42 Å². The van der Waals surface area contributed by atoms with E-state index in [1.165, 1.54) is 6.42 Å². The lowest BCUT2D eigenvalue weighted by Gasteiger charge is -2.18. The van der Waals surface area contributed by atoms with Crippen molar-refractivity contribution < 1.29 is 4.74 Å². The Labute approximate surface area is 67.8 Å². The zero-order chi connectivity index (χ0) is 8.27. The van der Waals surface area contributed by atoms with Gasteiger partial charge < -0.3 is 15.4 Å². The minimum atomic E-state index is 0.627. The molecule has 0 bridgehead atoms. The molecular formula is C8H16N2O. The molecule has 1 aliphatic rings. The van der Waals surface area contributed by atoms with Gasteiger partial charge in [-0.2, -0.15) is 0 Å². The van der Waals surface area contributed by atoms with Crippen molar-refractivity contribution in [3.63, 3.8) is 0 Å². The first kappa shape index (κ1) is 8.40. The number of hydrogen-bond donors (Lipinski definition) is 1. The highest BCUT2D eigenvalue weighted by atomic mass is 16.5. The summed E-state index contributed by atoms with van der Waals surface area (Å²) in [6.45, 7) is 6.60. The van der Waals surface area contributed by atoms with Crippen LogP contribution in [0.1, 0.15) is 6.42 Å². The van der Waals surface area contributed by atoms with Gasteiger partial charge in [0.05, 0.1) is 7.11 Å². The predicted octanol–water partition coefficient (Wildman–Crippen LogP) is 0.385. The molecule has 11 heavy (non-hydrogen) atoms. The van der Waals surface area contributed by atoms with Crippen LogP contribution in [0, 0.1) is 5.92 Å². The molecule has 1 heterocycles. The average Bonchev–Trinajstić information content (AvgIpc) is 2.50. The fourth-order valence-electron chi connectivity index (χ4n) is 1.38. The molecule has 3 nitrogen and oxygen atoms in total. The minimum absolute atomic E-state index is 0.627. The molecule has 1 saturated heterocycles. The van der Waals surface area contributed by atoms with Gasteiger partial charge in [-0.3, -0.25) is 0 Å². The molecule has 0 aromatic carbocycles. The van der Waals surface area contributed by atoms with Crippen molar-refractivity contribution in [1.82, 2.24) is 4.90 Å². The zero-order valence-electron chi connectivity index (χ0n) is 7.05. The van der Waals surface area contributed by atoms with Gasteiger partial charge in [-0.15, -0.1) is 0 Å². The first-order chi connectivity index (χ1) is 5.27. The molecule has 64 valence electrons. The maximum absolute atomic E-state index is 5.54. The monoisotopic (exact) mass is 156 g/mol. The Morgan fingerprint density at radius 2 is 2.55 bits per heavy atom. The summed E-state index contributed by atoms with van der Waals surface area (Å²) >= 11 is 0. The van der Waals surface area contributed by atoms with Crippen LogP contribution in [0.25, 0.3) is 0 Å². The van der Waals surface area contributed by atoms with Crippen molar-refractivity contribution in [1.29, 1.82) is 0 Å². The van der Waals surface area contributed by atoms with Crippen molar-refractivity contribution in [3.05, 3.63) is 12.5 Å². The second-order valence-electron chi connectivity index (χ2n) is 2.93. The molecule has 1 fully saturated rings. The van der Waals surface area contributed by atoms with Crippen LogP contribution in [-0.4, -0.2) is 31.6 Å². The van der Waals surface area contributed by atoms with Crippen LogP contribution in [0.5, 0.6) is 0 Å². The van der Waals surface area contributed by atoms with E-state index < -0.39 is 0 Å². The molecular weight excluding hydrogens is 140 g/mol. The van der Waals surface area contributed by atoms with Crippen molar-refractivity contribution in [3.8, 4) is 0 Å². The van der Waals surface area contributed by atoms with Gasteiger partial charge in [-0.1, -0.05) is 0 Å². The highest BCUT2D eigenvalue weighted by Crippen LogP contribution is 2.18. The predicted molar refractivity (Wildman–Crippen MR) is 44.9 cm³/mol. The topological polar surface area (TPSA) is 38.5 Å². The first-order valence-electron chi connectivity index (χ1n) is 3.95. The molecule has 0 aromatic heterocycles. The minimum Gasteiger partial charge on any atom is -0.483 e. The molecule has 0 amide bonds. The van der Waals surface area contributed by atoms with Crippen LogP contribution in [-0.2, 0) is 4.74 Å². The lowest BCUT2D eigenvalue weighted by Crippen LogP contribution is -2.22. The second-order valence-corrected chi connectivity index (χ2v) is 2.93. The standard InChI is InChI=1S/C8H16N2O/c1-7(11-2)10-4-3-8(5-9)6-10/h8H,1,3-6,9H2,2H3. The van der Waals surface area contributed by atoms with Crippen molar-refractivity contribution in [2.75, 3.05) is 26.7 Å². The third-order valence-corrected chi connectivity index (χ3v) is 2.21. The number of rotatable bonds is 3. The number of likely N-dealkylation sites (tertiary alicyclic amines) is 1. The Balaban J connectivity index is 2.35. The molecule has 1 atom stereocenters. The van der Waals surface area contributed by atoms with E-state index in [1.807, 2.05) is 0 Å². The summed E-state index contributed by atoms with van der Waals surface area (Å²) in [6, 6.07) is 0. The van der Waals surface area contributed by atoms with E-state index in [2.05, 4.69) is 11.5 Å². The maximum atomic E-state index is 5.54. The smallest absolute Gasteiger partial charge is 0.181 e. The molecule has 0 aliphatic carbocycles. The van der Waals surface area contributed by atoms with Crippen molar-refractivity contribution >= 4 is 0 Å². The van der Waals surface area contributed by atoms with E-state index in [4.69, 9.17) is 10.5 Å². The van der Waals surface area contributed by atoms with Gasteiger partial charge in [-0.25, -0.2) is 0 Å². The molecule has 3 heteroatoms. The van der Waals surface area contributed by atoms with E-state index in [1.54, 1.807) is 7.11 Å². The van der Waals surface area contributed by atoms with E-state index in [0.717, 1.165) is 25.5 Å². The van der Waals surface area contributed by atoms with Gasteiger partial charge >= 0.3 is 0 Å².